The molecule has 0 bridgehead atoms. The molecule has 5 N–H and O–H groups in total. The molecule has 2 saturated carbocycles. The summed E-state index contributed by atoms with van der Waals surface area (Å²) >= 11 is 8.27. The maximum Gasteiger partial charge on any atom is 0.254 e. The summed E-state index contributed by atoms with van der Waals surface area (Å²) < 4.78 is 18.4. The fourth-order valence-electron chi connectivity index (χ4n) is 6.45. The van der Waals surface area contributed by atoms with E-state index in [0.29, 0.717) is 56.4 Å². The highest BCUT2D eigenvalue weighted by molar-refractivity contribution is 7.99. The number of aliphatic hydroxyl groups is 5. The number of aliphatic hydroxyl groups excluding tert-OH is 5. The zero-order valence-corrected chi connectivity index (χ0v) is 30.1. The number of thioether (sulfide) groups is 1. The highest BCUT2D eigenvalue weighted by Gasteiger charge is 2.48. The summed E-state index contributed by atoms with van der Waals surface area (Å²) in [6.07, 6.45) is 2.15. The Morgan fingerprint density at radius 3 is 2.51 bits per heavy atom. The van der Waals surface area contributed by atoms with Gasteiger partial charge in [-0.2, -0.15) is 0 Å². The summed E-state index contributed by atoms with van der Waals surface area (Å²) in [6, 6.07) is 15.8. The molecule has 11 nitrogen and oxygen atoms in total. The van der Waals surface area contributed by atoms with Crippen molar-refractivity contribution in [2.75, 3.05) is 32.1 Å². The van der Waals surface area contributed by atoms with Gasteiger partial charge in [-0.3, -0.25) is 9.78 Å². The highest BCUT2D eigenvalue weighted by Crippen LogP contribution is 2.53. The van der Waals surface area contributed by atoms with Gasteiger partial charge in [-0.05, 0) is 92.2 Å². The molecule has 2 aliphatic carbocycles. The van der Waals surface area contributed by atoms with Crippen molar-refractivity contribution in [2.24, 2.45) is 0 Å². The Labute approximate surface area is 307 Å². The van der Waals surface area contributed by atoms with Crippen molar-refractivity contribution in [2.45, 2.75) is 98.6 Å². The van der Waals surface area contributed by atoms with E-state index in [4.69, 9.17) is 30.9 Å². The molecule has 0 spiro atoms. The minimum absolute atomic E-state index is 0.202. The maximum absolute atomic E-state index is 13.3. The van der Waals surface area contributed by atoms with E-state index in [1.165, 1.54) is 4.90 Å². The highest BCUT2D eigenvalue weighted by atomic mass is 35.5. The largest absolute Gasteiger partial charge is 0.490 e. The second-order valence-electron chi connectivity index (χ2n) is 13.5. The first-order chi connectivity index (χ1) is 24.7. The third-order valence-corrected chi connectivity index (χ3v) is 11.2. The van der Waals surface area contributed by atoms with E-state index in [0.717, 1.165) is 58.6 Å². The van der Waals surface area contributed by atoms with Gasteiger partial charge in [0, 0.05) is 59.2 Å². The van der Waals surface area contributed by atoms with Crippen LogP contribution in [0.5, 0.6) is 5.75 Å². The van der Waals surface area contributed by atoms with Crippen molar-refractivity contribution in [1.82, 2.24) is 9.88 Å². The number of para-hydroxylation sites is 1. The molecular formula is C38H47ClN2O9S. The van der Waals surface area contributed by atoms with Gasteiger partial charge in [0.1, 0.15) is 24.1 Å². The normalized spacial score (nSPS) is 19.6. The molecule has 2 heterocycles. The maximum atomic E-state index is 13.3. The zero-order chi connectivity index (χ0) is 36.0. The lowest BCUT2D eigenvalue weighted by Gasteiger charge is -2.37. The Hall–Kier alpha value is -2.78. The van der Waals surface area contributed by atoms with Gasteiger partial charge < -0.3 is 44.6 Å². The quantitative estimate of drug-likeness (QED) is 0.0944. The predicted molar refractivity (Wildman–Crippen MR) is 192 cm³/mol. The molecule has 1 saturated heterocycles. The van der Waals surface area contributed by atoms with Crippen LogP contribution in [-0.4, -0.2) is 110 Å². The fourth-order valence-corrected chi connectivity index (χ4v) is 7.53. The van der Waals surface area contributed by atoms with Crippen LogP contribution < -0.4 is 4.74 Å². The van der Waals surface area contributed by atoms with Crippen LogP contribution in [0.3, 0.4) is 0 Å². The van der Waals surface area contributed by atoms with Gasteiger partial charge in [-0.15, -0.1) is 11.8 Å². The van der Waals surface area contributed by atoms with Gasteiger partial charge in [0.25, 0.3) is 5.91 Å². The van der Waals surface area contributed by atoms with Crippen LogP contribution >= 0.6 is 23.4 Å². The van der Waals surface area contributed by atoms with Crippen LogP contribution in [-0.2, 0) is 26.5 Å². The van der Waals surface area contributed by atoms with Crippen molar-refractivity contribution in [3.63, 3.8) is 0 Å². The summed E-state index contributed by atoms with van der Waals surface area (Å²) in [4.78, 5) is 20.3. The van der Waals surface area contributed by atoms with Gasteiger partial charge in [0.2, 0.25) is 0 Å². The van der Waals surface area contributed by atoms with Crippen molar-refractivity contribution in [1.29, 1.82) is 0 Å². The lowest BCUT2D eigenvalue weighted by atomic mass is 9.96. The van der Waals surface area contributed by atoms with Crippen LogP contribution in [0.4, 0.5) is 0 Å². The molecule has 3 aromatic rings. The standard InChI is InChI=1S/C38H47ClN2O9S/c39-31-9-8-27(51-19-3-16-41(25-11-17-48-18-12-25)37(47)36(46)35(45)34(44)32(43)22-42)20-24(31)23-49-38(13-14-38)30-21-40-15-10-28(30)29-4-1-2-5-33(29)50-26-6-7-26/h1-2,4-5,8-10,15,20-21,25-26,32,34-36,42-46H,3,6-7,11-14,16-19,22-23H2/t32-,34+,35-,36-/m0/s1. The van der Waals surface area contributed by atoms with Crippen molar-refractivity contribution in [3.8, 4) is 16.9 Å². The van der Waals surface area contributed by atoms with Gasteiger partial charge in [0.05, 0.1) is 24.9 Å². The third-order valence-electron chi connectivity index (χ3n) is 9.77. The summed E-state index contributed by atoms with van der Waals surface area (Å²) in [5, 5.41) is 50.5. The summed E-state index contributed by atoms with van der Waals surface area (Å²) in [5.41, 5.74) is 3.54. The molecule has 1 amide bonds. The number of halogens is 1. The first-order valence-corrected chi connectivity index (χ1v) is 19.0. The monoisotopic (exact) mass is 742 g/mol. The van der Waals surface area contributed by atoms with E-state index >= 15 is 0 Å². The van der Waals surface area contributed by atoms with E-state index in [-0.39, 0.29) is 12.1 Å². The van der Waals surface area contributed by atoms with Crippen molar-refractivity contribution in [3.05, 3.63) is 77.1 Å². The zero-order valence-electron chi connectivity index (χ0n) is 28.5. The number of rotatable bonds is 18. The Bertz CT molecular complexity index is 1620. The molecular weight excluding hydrogens is 696 g/mol. The number of benzene rings is 2. The lowest BCUT2D eigenvalue weighted by molar-refractivity contribution is -0.162. The average molecular weight is 743 g/mol. The number of nitrogens with zero attached hydrogens (tertiary/aromatic N) is 2. The third kappa shape index (κ3) is 9.42. The molecule has 51 heavy (non-hydrogen) atoms. The molecule has 276 valence electrons. The van der Waals surface area contributed by atoms with Crippen LogP contribution in [0.25, 0.3) is 11.1 Å². The van der Waals surface area contributed by atoms with Crippen LogP contribution in [0.1, 0.15) is 56.1 Å². The molecule has 1 aliphatic heterocycles. The number of amides is 1. The number of aromatic nitrogens is 1. The Kier molecular flexibility index (Phi) is 12.9. The number of carbonyl (C=O) groups is 1. The Morgan fingerprint density at radius 1 is 1.02 bits per heavy atom. The van der Waals surface area contributed by atoms with Crippen LogP contribution in [0.15, 0.2) is 65.8 Å². The minimum Gasteiger partial charge on any atom is -0.490 e. The van der Waals surface area contributed by atoms with E-state index in [2.05, 4.69) is 11.1 Å². The number of hydrogen-bond acceptors (Lipinski definition) is 11. The molecule has 13 heteroatoms. The first-order valence-electron chi connectivity index (χ1n) is 17.7. The van der Waals surface area contributed by atoms with Crippen LogP contribution in [0, 0.1) is 0 Å². The SMILES string of the molecule is O=C([C@@H](O)[C@@H](O)[C@H](O)[C@@H](O)CO)N(CCCSc1ccc(Cl)c(COC2(c3cnccc3-c3ccccc3OC3CC3)CC2)c1)C1CCOCC1. The minimum atomic E-state index is -1.96. The number of pyridine rings is 1. The number of hydrogen-bond donors (Lipinski definition) is 5. The Balaban J connectivity index is 1.07. The second-order valence-corrected chi connectivity index (χ2v) is 15.1. The molecule has 0 radical (unpaired) electrons. The van der Waals surface area contributed by atoms with Gasteiger partial charge in [-0.25, -0.2) is 0 Å². The fraction of sp³-hybridized carbons (Fsp3) is 0.526. The summed E-state index contributed by atoms with van der Waals surface area (Å²) in [6.45, 7) is 0.748. The molecule has 3 fully saturated rings. The van der Waals surface area contributed by atoms with Crippen molar-refractivity contribution < 1.29 is 44.5 Å². The molecule has 0 unspecified atom stereocenters. The van der Waals surface area contributed by atoms with Crippen molar-refractivity contribution >= 4 is 29.3 Å². The topological polar surface area (TPSA) is 162 Å². The number of carbonyl (C=O) groups excluding carboxylic acids is 1. The van der Waals surface area contributed by atoms with Crippen LogP contribution in [0.2, 0.25) is 5.02 Å². The Morgan fingerprint density at radius 2 is 1.78 bits per heavy atom. The lowest BCUT2D eigenvalue weighted by Crippen LogP contribution is -2.55. The van der Waals surface area contributed by atoms with E-state index in [1.54, 1.807) is 18.0 Å². The summed E-state index contributed by atoms with van der Waals surface area (Å²) in [5.74, 6) is 0.797. The molecule has 1 aromatic heterocycles. The van der Waals surface area contributed by atoms with E-state index < -0.39 is 42.5 Å². The van der Waals surface area contributed by atoms with Gasteiger partial charge >= 0.3 is 0 Å². The molecule has 2 aromatic carbocycles. The summed E-state index contributed by atoms with van der Waals surface area (Å²) in [7, 11) is 0. The van der Waals surface area contributed by atoms with E-state index in [1.807, 2.05) is 48.7 Å². The molecule has 4 atom stereocenters. The predicted octanol–water partition coefficient (Wildman–Crippen LogP) is 4.07. The molecule has 6 rings (SSSR count). The number of ether oxygens (including phenoxy) is 3. The molecule has 3 aliphatic rings. The van der Waals surface area contributed by atoms with E-state index in [9.17, 15) is 25.2 Å². The second kappa shape index (κ2) is 17.4. The smallest absolute Gasteiger partial charge is 0.254 e. The first kappa shape index (κ1) is 38.0. The average Bonchev–Trinajstić information content (AvgIpc) is 4.12. The van der Waals surface area contributed by atoms with Gasteiger partial charge in [-0.1, -0.05) is 29.8 Å². The van der Waals surface area contributed by atoms with Gasteiger partial charge in [0.15, 0.2) is 6.10 Å².